The molecular weight excluding hydrogens is 382 g/mol. The molecule has 1 amide bonds. The molecule has 0 radical (unpaired) electrons. The summed E-state index contributed by atoms with van der Waals surface area (Å²) in [6.07, 6.45) is 1.58. The van der Waals surface area contributed by atoms with Crippen LogP contribution in [0.15, 0.2) is 79.0 Å². The molecule has 29 heavy (non-hydrogen) atoms. The molecule has 3 aromatic carbocycles. The minimum absolute atomic E-state index is 0.216. The molecule has 0 unspecified atom stereocenters. The minimum Gasteiger partial charge on any atom is -0.363 e. The molecule has 1 N–H and O–H groups in total. The number of carbonyl (C=O) groups is 1. The van der Waals surface area contributed by atoms with Gasteiger partial charge in [0.2, 0.25) is 0 Å². The van der Waals surface area contributed by atoms with Gasteiger partial charge in [-0.05, 0) is 46.7 Å². The van der Waals surface area contributed by atoms with Crippen molar-refractivity contribution in [3.8, 4) is 11.1 Å². The standard InChI is InChI=1S/C24H20ClN3O/c1-28(2)23-13-10-17(15-26-23)24(29)27-22-12-11-18(25)14-21(22)20-9-5-7-16-6-3-4-8-19(16)20/h3-15H,1-2H3,(H,27,29). The number of hydrogen-bond donors (Lipinski definition) is 1. The summed E-state index contributed by atoms with van der Waals surface area (Å²) in [5, 5.41) is 5.86. The van der Waals surface area contributed by atoms with E-state index >= 15 is 0 Å². The highest BCUT2D eigenvalue weighted by molar-refractivity contribution is 6.31. The number of pyridine rings is 1. The number of amides is 1. The van der Waals surface area contributed by atoms with Gasteiger partial charge in [-0.1, -0.05) is 54.1 Å². The number of fused-ring (bicyclic) bond motifs is 1. The van der Waals surface area contributed by atoms with Gasteiger partial charge in [0.1, 0.15) is 5.82 Å². The molecule has 4 rings (SSSR count). The second-order valence-corrected chi connectivity index (χ2v) is 7.41. The fourth-order valence-electron chi connectivity index (χ4n) is 3.29. The summed E-state index contributed by atoms with van der Waals surface area (Å²) in [4.78, 5) is 19.0. The SMILES string of the molecule is CN(C)c1ccc(C(=O)Nc2ccc(Cl)cc2-c2cccc3ccccc23)cn1. The second-order valence-electron chi connectivity index (χ2n) is 6.97. The van der Waals surface area contributed by atoms with Crippen LogP contribution in [-0.4, -0.2) is 25.0 Å². The third kappa shape index (κ3) is 3.93. The van der Waals surface area contributed by atoms with E-state index in [1.165, 1.54) is 0 Å². The van der Waals surface area contributed by atoms with Crippen molar-refractivity contribution in [3.05, 3.63) is 89.6 Å². The molecule has 4 nitrogen and oxygen atoms in total. The summed E-state index contributed by atoms with van der Waals surface area (Å²) in [6, 6.07) is 23.4. The van der Waals surface area contributed by atoms with Gasteiger partial charge >= 0.3 is 0 Å². The van der Waals surface area contributed by atoms with E-state index in [0.29, 0.717) is 16.3 Å². The van der Waals surface area contributed by atoms with Gasteiger partial charge in [-0.25, -0.2) is 4.98 Å². The van der Waals surface area contributed by atoms with Crippen molar-refractivity contribution in [1.29, 1.82) is 0 Å². The molecule has 1 aromatic heterocycles. The highest BCUT2D eigenvalue weighted by atomic mass is 35.5. The highest BCUT2D eigenvalue weighted by Crippen LogP contribution is 2.35. The van der Waals surface area contributed by atoms with Gasteiger partial charge in [-0.15, -0.1) is 0 Å². The Morgan fingerprint density at radius 1 is 0.931 bits per heavy atom. The van der Waals surface area contributed by atoms with E-state index in [-0.39, 0.29) is 5.91 Å². The number of rotatable bonds is 4. The lowest BCUT2D eigenvalue weighted by Gasteiger charge is -2.15. The Bertz CT molecular complexity index is 1180. The summed E-state index contributed by atoms with van der Waals surface area (Å²) >= 11 is 6.29. The van der Waals surface area contributed by atoms with E-state index in [1.54, 1.807) is 18.3 Å². The first-order chi connectivity index (χ1) is 14.0. The van der Waals surface area contributed by atoms with Crippen LogP contribution in [0.2, 0.25) is 5.02 Å². The minimum atomic E-state index is -0.216. The first-order valence-electron chi connectivity index (χ1n) is 9.25. The summed E-state index contributed by atoms with van der Waals surface area (Å²) in [7, 11) is 3.82. The first-order valence-corrected chi connectivity index (χ1v) is 9.63. The van der Waals surface area contributed by atoms with E-state index in [1.807, 2.05) is 61.5 Å². The van der Waals surface area contributed by atoms with E-state index in [2.05, 4.69) is 28.5 Å². The van der Waals surface area contributed by atoms with Crippen LogP contribution in [0.1, 0.15) is 10.4 Å². The smallest absolute Gasteiger partial charge is 0.257 e. The Morgan fingerprint density at radius 2 is 1.72 bits per heavy atom. The Labute approximate surface area is 174 Å². The predicted octanol–water partition coefficient (Wildman–Crippen LogP) is 5.87. The maximum Gasteiger partial charge on any atom is 0.257 e. The lowest BCUT2D eigenvalue weighted by atomic mass is 9.97. The van der Waals surface area contributed by atoms with Crippen LogP contribution in [0.25, 0.3) is 21.9 Å². The van der Waals surface area contributed by atoms with Crippen LogP contribution >= 0.6 is 11.6 Å². The average molecular weight is 402 g/mol. The molecule has 1 heterocycles. The van der Waals surface area contributed by atoms with Crippen LogP contribution in [-0.2, 0) is 0 Å². The fraction of sp³-hybridized carbons (Fsp3) is 0.0833. The fourth-order valence-corrected chi connectivity index (χ4v) is 3.46. The molecule has 0 saturated heterocycles. The number of benzene rings is 3. The van der Waals surface area contributed by atoms with Crippen LogP contribution in [0.3, 0.4) is 0 Å². The largest absolute Gasteiger partial charge is 0.363 e. The maximum absolute atomic E-state index is 12.8. The van der Waals surface area contributed by atoms with Crippen LogP contribution < -0.4 is 10.2 Å². The van der Waals surface area contributed by atoms with Crippen molar-refractivity contribution in [3.63, 3.8) is 0 Å². The van der Waals surface area contributed by atoms with Gasteiger partial charge in [-0.3, -0.25) is 4.79 Å². The zero-order valence-electron chi connectivity index (χ0n) is 16.2. The monoisotopic (exact) mass is 401 g/mol. The number of aromatic nitrogens is 1. The molecule has 0 aliphatic heterocycles. The molecule has 144 valence electrons. The van der Waals surface area contributed by atoms with Crippen molar-refractivity contribution in [2.24, 2.45) is 0 Å². The number of halogens is 1. The Kier molecular flexibility index (Phi) is 5.19. The van der Waals surface area contributed by atoms with Crippen molar-refractivity contribution in [2.75, 3.05) is 24.3 Å². The normalized spacial score (nSPS) is 10.7. The first kappa shape index (κ1) is 19.0. The third-order valence-corrected chi connectivity index (χ3v) is 5.01. The lowest BCUT2D eigenvalue weighted by molar-refractivity contribution is 0.102. The van der Waals surface area contributed by atoms with Crippen molar-refractivity contribution in [2.45, 2.75) is 0 Å². The molecular formula is C24H20ClN3O. The molecule has 0 atom stereocenters. The van der Waals surface area contributed by atoms with Gasteiger partial charge in [0.15, 0.2) is 0 Å². The molecule has 0 aliphatic rings. The molecule has 0 bridgehead atoms. The van der Waals surface area contributed by atoms with E-state index in [0.717, 1.165) is 27.7 Å². The summed E-state index contributed by atoms with van der Waals surface area (Å²) in [5.74, 6) is 0.580. The van der Waals surface area contributed by atoms with Crippen LogP contribution in [0.5, 0.6) is 0 Å². The number of nitrogens with one attached hydrogen (secondary N) is 1. The van der Waals surface area contributed by atoms with Gasteiger partial charge in [0, 0.05) is 36.6 Å². The predicted molar refractivity (Wildman–Crippen MR) is 121 cm³/mol. The topological polar surface area (TPSA) is 45.2 Å². The Hall–Kier alpha value is -3.37. The van der Waals surface area contributed by atoms with E-state index in [9.17, 15) is 4.79 Å². The Balaban J connectivity index is 1.73. The number of nitrogens with zero attached hydrogens (tertiary/aromatic N) is 2. The van der Waals surface area contributed by atoms with Gasteiger partial charge in [0.05, 0.1) is 5.56 Å². The third-order valence-electron chi connectivity index (χ3n) is 4.78. The number of hydrogen-bond acceptors (Lipinski definition) is 3. The van der Waals surface area contributed by atoms with Crippen molar-refractivity contribution < 1.29 is 4.79 Å². The molecule has 0 saturated carbocycles. The quantitative estimate of drug-likeness (QED) is 0.465. The average Bonchev–Trinajstić information content (AvgIpc) is 2.74. The Morgan fingerprint density at radius 3 is 2.48 bits per heavy atom. The highest BCUT2D eigenvalue weighted by Gasteiger charge is 2.13. The van der Waals surface area contributed by atoms with Crippen molar-refractivity contribution in [1.82, 2.24) is 4.98 Å². The zero-order valence-corrected chi connectivity index (χ0v) is 16.9. The van der Waals surface area contributed by atoms with Crippen LogP contribution in [0.4, 0.5) is 11.5 Å². The van der Waals surface area contributed by atoms with E-state index < -0.39 is 0 Å². The molecule has 0 aliphatic carbocycles. The van der Waals surface area contributed by atoms with Crippen molar-refractivity contribution >= 4 is 39.8 Å². The molecule has 4 aromatic rings. The van der Waals surface area contributed by atoms with Gasteiger partial charge < -0.3 is 10.2 Å². The summed E-state index contributed by atoms with van der Waals surface area (Å²) < 4.78 is 0. The molecule has 5 heteroatoms. The second kappa shape index (κ2) is 7.94. The number of anilines is 2. The summed E-state index contributed by atoms with van der Waals surface area (Å²) in [5.41, 5.74) is 3.09. The summed E-state index contributed by atoms with van der Waals surface area (Å²) in [6.45, 7) is 0. The number of carbonyl (C=O) groups excluding carboxylic acids is 1. The van der Waals surface area contributed by atoms with Gasteiger partial charge in [-0.2, -0.15) is 0 Å². The van der Waals surface area contributed by atoms with Crippen LogP contribution in [0, 0.1) is 0 Å². The lowest BCUT2D eigenvalue weighted by Crippen LogP contribution is -2.15. The van der Waals surface area contributed by atoms with E-state index in [4.69, 9.17) is 11.6 Å². The molecule has 0 spiro atoms. The molecule has 0 fully saturated rings. The zero-order chi connectivity index (χ0) is 20.4. The maximum atomic E-state index is 12.8. The van der Waals surface area contributed by atoms with Gasteiger partial charge in [0.25, 0.3) is 5.91 Å².